The van der Waals surface area contributed by atoms with Gasteiger partial charge in [-0.05, 0) is 24.3 Å². The molecule has 176 valence electrons. The first-order chi connectivity index (χ1) is 16.5. The van der Waals surface area contributed by atoms with E-state index in [1.807, 2.05) is 0 Å². The van der Waals surface area contributed by atoms with E-state index in [0.717, 1.165) is 0 Å². The smallest absolute Gasteiger partial charge is 0.352 e. The summed E-state index contributed by atoms with van der Waals surface area (Å²) in [4.78, 5) is 49.7. The van der Waals surface area contributed by atoms with Crippen LogP contribution in [-0.4, -0.2) is 56.8 Å². The van der Waals surface area contributed by atoms with Crippen LogP contribution in [0.1, 0.15) is 48.4 Å². The van der Waals surface area contributed by atoms with E-state index in [-0.39, 0.29) is 35.5 Å². The number of ether oxygens (including phenoxy) is 6. The van der Waals surface area contributed by atoms with Crippen LogP contribution in [0.15, 0.2) is 48.5 Å². The molecule has 1 saturated heterocycles. The molecule has 0 aromatic heterocycles. The second-order valence-corrected chi connectivity index (χ2v) is 6.61. The van der Waals surface area contributed by atoms with Crippen molar-refractivity contribution in [3.63, 3.8) is 0 Å². The van der Waals surface area contributed by atoms with Gasteiger partial charge in [-0.15, -0.1) is 0 Å². The van der Waals surface area contributed by atoms with Crippen molar-refractivity contribution in [3.8, 4) is 12.0 Å². The van der Waals surface area contributed by atoms with Crippen molar-refractivity contribution in [1.82, 2.24) is 0 Å². The zero-order valence-corrected chi connectivity index (χ0v) is 18.3. The van der Waals surface area contributed by atoms with Crippen molar-refractivity contribution < 1.29 is 47.6 Å². The SMILES string of the molecule is CC#COC(=O)c1ccccc1C(=O)OC1OCCOC1OC(=O)c1ccccc1C(=O)OC. The van der Waals surface area contributed by atoms with Crippen LogP contribution in [0, 0.1) is 12.0 Å². The molecule has 0 saturated carbocycles. The molecular formula is C24H20O10. The molecule has 2 atom stereocenters. The molecule has 2 unspecified atom stereocenters. The van der Waals surface area contributed by atoms with E-state index < -0.39 is 36.5 Å². The quantitative estimate of drug-likeness (QED) is 0.354. The van der Waals surface area contributed by atoms with E-state index in [2.05, 4.69) is 16.8 Å². The highest BCUT2D eigenvalue weighted by molar-refractivity contribution is 6.04. The van der Waals surface area contributed by atoms with Crippen LogP contribution in [0.4, 0.5) is 0 Å². The molecule has 0 spiro atoms. The van der Waals surface area contributed by atoms with Crippen molar-refractivity contribution in [3.05, 3.63) is 70.8 Å². The molecule has 10 nitrogen and oxygen atoms in total. The van der Waals surface area contributed by atoms with Gasteiger partial charge in [0.05, 0.1) is 42.6 Å². The predicted octanol–water partition coefficient (Wildman–Crippen LogP) is 2.32. The predicted molar refractivity (Wildman–Crippen MR) is 113 cm³/mol. The maximum atomic E-state index is 12.8. The Labute approximate surface area is 194 Å². The molecular weight excluding hydrogens is 448 g/mol. The number of carbonyl (C=O) groups excluding carboxylic acids is 4. The Kier molecular flexibility index (Phi) is 8.34. The van der Waals surface area contributed by atoms with Gasteiger partial charge in [-0.2, -0.15) is 0 Å². The third kappa shape index (κ3) is 5.78. The van der Waals surface area contributed by atoms with Gasteiger partial charge in [0.25, 0.3) is 12.6 Å². The van der Waals surface area contributed by atoms with E-state index in [0.29, 0.717) is 0 Å². The van der Waals surface area contributed by atoms with Gasteiger partial charge in [-0.1, -0.05) is 30.2 Å². The average Bonchev–Trinajstić information content (AvgIpc) is 2.87. The van der Waals surface area contributed by atoms with Crippen LogP contribution >= 0.6 is 0 Å². The Morgan fingerprint density at radius 1 is 0.735 bits per heavy atom. The Hall–Kier alpha value is -4.20. The summed E-state index contributed by atoms with van der Waals surface area (Å²) < 4.78 is 30.9. The molecule has 2 aromatic rings. The van der Waals surface area contributed by atoms with Crippen molar-refractivity contribution in [2.75, 3.05) is 20.3 Å². The fourth-order valence-corrected chi connectivity index (χ4v) is 2.94. The Morgan fingerprint density at radius 2 is 1.15 bits per heavy atom. The Morgan fingerprint density at radius 3 is 1.56 bits per heavy atom. The van der Waals surface area contributed by atoms with Gasteiger partial charge >= 0.3 is 23.9 Å². The van der Waals surface area contributed by atoms with E-state index in [1.54, 1.807) is 6.07 Å². The lowest BCUT2D eigenvalue weighted by Gasteiger charge is -2.30. The first kappa shape index (κ1) is 24.4. The van der Waals surface area contributed by atoms with Crippen LogP contribution < -0.4 is 0 Å². The Bertz CT molecular complexity index is 1140. The summed E-state index contributed by atoms with van der Waals surface area (Å²) in [6.45, 7) is 1.60. The normalized spacial score (nSPS) is 16.9. The van der Waals surface area contributed by atoms with E-state index >= 15 is 0 Å². The van der Waals surface area contributed by atoms with Crippen molar-refractivity contribution >= 4 is 23.9 Å². The monoisotopic (exact) mass is 468 g/mol. The third-order valence-corrected chi connectivity index (χ3v) is 4.48. The average molecular weight is 468 g/mol. The summed E-state index contributed by atoms with van der Waals surface area (Å²) in [5, 5.41) is 0. The zero-order valence-electron chi connectivity index (χ0n) is 18.3. The molecule has 0 N–H and O–H groups in total. The summed E-state index contributed by atoms with van der Waals surface area (Å²) in [6, 6.07) is 11.7. The van der Waals surface area contributed by atoms with Crippen molar-refractivity contribution in [2.45, 2.75) is 19.5 Å². The highest BCUT2D eigenvalue weighted by atomic mass is 16.8. The highest BCUT2D eigenvalue weighted by Gasteiger charge is 2.36. The first-order valence-electron chi connectivity index (χ1n) is 10.0. The second-order valence-electron chi connectivity index (χ2n) is 6.61. The number of benzene rings is 2. The van der Waals surface area contributed by atoms with E-state index in [4.69, 9.17) is 23.7 Å². The summed E-state index contributed by atoms with van der Waals surface area (Å²) >= 11 is 0. The lowest BCUT2D eigenvalue weighted by Crippen LogP contribution is -2.44. The molecule has 3 rings (SSSR count). The fourth-order valence-electron chi connectivity index (χ4n) is 2.94. The largest absolute Gasteiger partial charge is 0.465 e. The molecule has 1 aliphatic rings. The molecule has 1 heterocycles. The number of methoxy groups -OCH3 is 1. The van der Waals surface area contributed by atoms with Gasteiger partial charge in [0.2, 0.25) is 0 Å². The summed E-state index contributed by atoms with van der Waals surface area (Å²) in [7, 11) is 1.18. The molecule has 34 heavy (non-hydrogen) atoms. The summed E-state index contributed by atoms with van der Waals surface area (Å²) in [5.74, 6) is -1.02. The summed E-state index contributed by atoms with van der Waals surface area (Å²) in [5.41, 5.74) is -0.269. The van der Waals surface area contributed by atoms with Crippen LogP contribution in [0.3, 0.4) is 0 Å². The van der Waals surface area contributed by atoms with Crippen LogP contribution in [0.5, 0.6) is 0 Å². The second kappa shape index (κ2) is 11.6. The van der Waals surface area contributed by atoms with Gasteiger partial charge in [0, 0.05) is 6.92 Å². The minimum Gasteiger partial charge on any atom is -0.465 e. The first-order valence-corrected chi connectivity index (χ1v) is 10.0. The number of hydrogen-bond donors (Lipinski definition) is 0. The fraction of sp³-hybridized carbons (Fsp3) is 0.250. The molecule has 0 radical (unpaired) electrons. The van der Waals surface area contributed by atoms with Crippen LogP contribution in [0.25, 0.3) is 0 Å². The molecule has 1 aliphatic heterocycles. The molecule has 0 bridgehead atoms. The third-order valence-electron chi connectivity index (χ3n) is 4.48. The van der Waals surface area contributed by atoms with Crippen molar-refractivity contribution in [1.29, 1.82) is 0 Å². The standard InChI is InChI=1S/C24H20O10/c1-3-12-30-20(26)16-9-5-7-11-18(16)22(28)34-24-23(31-13-14-32-24)33-21(27)17-10-6-4-8-15(17)19(25)29-2/h4-11,23-24H,13-14H2,1-2H3. The van der Waals surface area contributed by atoms with Gasteiger partial charge < -0.3 is 28.4 Å². The maximum Gasteiger partial charge on any atom is 0.352 e. The lowest BCUT2D eigenvalue weighted by molar-refractivity contribution is -0.288. The lowest BCUT2D eigenvalue weighted by atomic mass is 10.1. The number of esters is 4. The van der Waals surface area contributed by atoms with Crippen molar-refractivity contribution in [2.24, 2.45) is 0 Å². The zero-order chi connectivity index (χ0) is 24.5. The number of hydrogen-bond acceptors (Lipinski definition) is 10. The molecule has 1 fully saturated rings. The van der Waals surface area contributed by atoms with Crippen LogP contribution in [-0.2, 0) is 28.4 Å². The highest BCUT2D eigenvalue weighted by Crippen LogP contribution is 2.20. The molecule has 10 heteroatoms. The summed E-state index contributed by atoms with van der Waals surface area (Å²) in [6.07, 6.45) is -0.697. The number of carbonyl (C=O) groups is 4. The van der Waals surface area contributed by atoms with E-state index in [1.165, 1.54) is 56.5 Å². The molecule has 0 aliphatic carbocycles. The van der Waals surface area contributed by atoms with Gasteiger partial charge in [-0.25, -0.2) is 19.2 Å². The minimum atomic E-state index is -1.44. The molecule has 0 amide bonds. The molecule has 2 aromatic carbocycles. The van der Waals surface area contributed by atoms with Gasteiger partial charge in [0.15, 0.2) is 0 Å². The Balaban J connectivity index is 1.76. The van der Waals surface area contributed by atoms with Gasteiger partial charge in [0.1, 0.15) is 6.11 Å². The van der Waals surface area contributed by atoms with Crippen LogP contribution in [0.2, 0.25) is 0 Å². The minimum absolute atomic E-state index is 0.0112. The topological polar surface area (TPSA) is 124 Å². The maximum absolute atomic E-state index is 12.8. The number of rotatable bonds is 6. The van der Waals surface area contributed by atoms with E-state index in [9.17, 15) is 19.2 Å². The van der Waals surface area contributed by atoms with Gasteiger partial charge in [-0.3, -0.25) is 0 Å².